The molecule has 2 unspecified atom stereocenters. The SMILES string of the molecule is CC(CC1CCCN1)Nc1ccc(N2CCCCC2)cc1. The summed E-state index contributed by atoms with van der Waals surface area (Å²) in [5.74, 6) is 0. The van der Waals surface area contributed by atoms with Crippen molar-refractivity contribution < 1.29 is 0 Å². The number of anilines is 2. The van der Waals surface area contributed by atoms with Crippen LogP contribution in [0.5, 0.6) is 0 Å². The molecular formula is C18H29N3. The molecule has 0 amide bonds. The highest BCUT2D eigenvalue weighted by atomic mass is 15.1. The van der Waals surface area contributed by atoms with E-state index >= 15 is 0 Å². The fourth-order valence-corrected chi connectivity index (χ4v) is 3.65. The molecule has 2 heterocycles. The van der Waals surface area contributed by atoms with E-state index in [4.69, 9.17) is 0 Å². The molecule has 21 heavy (non-hydrogen) atoms. The van der Waals surface area contributed by atoms with Gasteiger partial charge in [0.25, 0.3) is 0 Å². The van der Waals surface area contributed by atoms with Gasteiger partial charge in [-0.3, -0.25) is 0 Å². The topological polar surface area (TPSA) is 27.3 Å². The van der Waals surface area contributed by atoms with Crippen molar-refractivity contribution in [2.45, 2.75) is 57.5 Å². The van der Waals surface area contributed by atoms with Gasteiger partial charge in [-0.1, -0.05) is 0 Å². The molecule has 2 fully saturated rings. The zero-order valence-electron chi connectivity index (χ0n) is 13.3. The molecule has 3 heteroatoms. The Hall–Kier alpha value is -1.22. The Labute approximate surface area is 129 Å². The molecular weight excluding hydrogens is 258 g/mol. The van der Waals surface area contributed by atoms with Crippen molar-refractivity contribution in [1.82, 2.24) is 5.32 Å². The number of hydrogen-bond donors (Lipinski definition) is 2. The van der Waals surface area contributed by atoms with Crippen LogP contribution >= 0.6 is 0 Å². The fourth-order valence-electron chi connectivity index (χ4n) is 3.65. The molecule has 116 valence electrons. The minimum absolute atomic E-state index is 0.529. The summed E-state index contributed by atoms with van der Waals surface area (Å²) in [5, 5.41) is 7.22. The van der Waals surface area contributed by atoms with Crippen LogP contribution < -0.4 is 15.5 Å². The summed E-state index contributed by atoms with van der Waals surface area (Å²) in [7, 11) is 0. The number of hydrogen-bond acceptors (Lipinski definition) is 3. The summed E-state index contributed by atoms with van der Waals surface area (Å²) in [6.45, 7) is 5.92. The number of nitrogens with zero attached hydrogens (tertiary/aromatic N) is 1. The maximum Gasteiger partial charge on any atom is 0.0367 e. The Kier molecular flexibility index (Phi) is 5.02. The van der Waals surface area contributed by atoms with E-state index in [1.54, 1.807) is 0 Å². The third-order valence-electron chi connectivity index (χ3n) is 4.80. The molecule has 1 aromatic rings. The predicted octanol–water partition coefficient (Wildman–Crippen LogP) is 3.62. The molecule has 0 bridgehead atoms. The maximum atomic E-state index is 3.64. The van der Waals surface area contributed by atoms with Crippen LogP contribution in [0.1, 0.15) is 45.4 Å². The third kappa shape index (κ3) is 4.13. The van der Waals surface area contributed by atoms with Crippen molar-refractivity contribution in [3.63, 3.8) is 0 Å². The average molecular weight is 287 g/mol. The smallest absolute Gasteiger partial charge is 0.0367 e. The van der Waals surface area contributed by atoms with Gasteiger partial charge in [-0.2, -0.15) is 0 Å². The lowest BCUT2D eigenvalue weighted by Crippen LogP contribution is -2.29. The summed E-state index contributed by atoms with van der Waals surface area (Å²) in [4.78, 5) is 2.51. The minimum Gasteiger partial charge on any atom is -0.383 e. The zero-order valence-corrected chi connectivity index (χ0v) is 13.3. The van der Waals surface area contributed by atoms with Gasteiger partial charge >= 0.3 is 0 Å². The largest absolute Gasteiger partial charge is 0.383 e. The molecule has 1 aromatic carbocycles. The maximum absolute atomic E-state index is 3.64. The molecule has 3 rings (SSSR count). The lowest BCUT2D eigenvalue weighted by molar-refractivity contribution is 0.523. The van der Waals surface area contributed by atoms with Gasteiger partial charge in [-0.15, -0.1) is 0 Å². The molecule has 0 saturated carbocycles. The highest BCUT2D eigenvalue weighted by molar-refractivity contribution is 5.55. The quantitative estimate of drug-likeness (QED) is 0.866. The Morgan fingerprint density at radius 1 is 1.14 bits per heavy atom. The summed E-state index contributed by atoms with van der Waals surface area (Å²) in [6.07, 6.45) is 7.95. The van der Waals surface area contributed by atoms with E-state index < -0.39 is 0 Å². The van der Waals surface area contributed by atoms with Gasteiger partial charge in [0.1, 0.15) is 0 Å². The van der Waals surface area contributed by atoms with E-state index in [2.05, 4.69) is 46.7 Å². The summed E-state index contributed by atoms with van der Waals surface area (Å²) >= 11 is 0. The lowest BCUT2D eigenvalue weighted by Gasteiger charge is -2.29. The van der Waals surface area contributed by atoms with Gasteiger partial charge in [0.05, 0.1) is 0 Å². The van der Waals surface area contributed by atoms with Gasteiger partial charge in [0.2, 0.25) is 0 Å². The van der Waals surface area contributed by atoms with E-state index in [0.717, 1.165) is 0 Å². The van der Waals surface area contributed by atoms with Crippen LogP contribution in [0.25, 0.3) is 0 Å². The molecule has 2 atom stereocenters. The van der Waals surface area contributed by atoms with Crippen molar-refractivity contribution >= 4 is 11.4 Å². The monoisotopic (exact) mass is 287 g/mol. The summed E-state index contributed by atoms with van der Waals surface area (Å²) < 4.78 is 0. The molecule has 2 aliphatic heterocycles. The van der Waals surface area contributed by atoms with Crippen LogP contribution in [0.3, 0.4) is 0 Å². The Morgan fingerprint density at radius 3 is 2.57 bits per heavy atom. The third-order valence-corrected chi connectivity index (χ3v) is 4.80. The van der Waals surface area contributed by atoms with Crippen LogP contribution in [0.4, 0.5) is 11.4 Å². The summed E-state index contributed by atoms with van der Waals surface area (Å²) in [5.41, 5.74) is 2.63. The van der Waals surface area contributed by atoms with Crippen LogP contribution in [-0.4, -0.2) is 31.7 Å². The second kappa shape index (κ2) is 7.17. The molecule has 2 aliphatic rings. The van der Waals surface area contributed by atoms with Crippen LogP contribution in [0, 0.1) is 0 Å². The number of benzene rings is 1. The first-order valence-corrected chi connectivity index (χ1v) is 8.66. The minimum atomic E-state index is 0.529. The first-order valence-electron chi connectivity index (χ1n) is 8.66. The number of nitrogens with one attached hydrogen (secondary N) is 2. The van der Waals surface area contributed by atoms with Gasteiger partial charge in [-0.25, -0.2) is 0 Å². The van der Waals surface area contributed by atoms with E-state index in [1.807, 2.05) is 0 Å². The molecule has 0 spiro atoms. The molecule has 0 radical (unpaired) electrons. The van der Waals surface area contributed by atoms with Crippen LogP contribution in [-0.2, 0) is 0 Å². The second-order valence-corrected chi connectivity index (χ2v) is 6.67. The van der Waals surface area contributed by atoms with Crippen molar-refractivity contribution in [3.05, 3.63) is 24.3 Å². The molecule has 2 saturated heterocycles. The second-order valence-electron chi connectivity index (χ2n) is 6.67. The first-order chi connectivity index (χ1) is 10.3. The van der Waals surface area contributed by atoms with Crippen molar-refractivity contribution in [2.24, 2.45) is 0 Å². The highest BCUT2D eigenvalue weighted by Crippen LogP contribution is 2.22. The van der Waals surface area contributed by atoms with Crippen molar-refractivity contribution in [1.29, 1.82) is 0 Å². The summed E-state index contributed by atoms with van der Waals surface area (Å²) in [6, 6.07) is 10.3. The number of rotatable bonds is 5. The predicted molar refractivity (Wildman–Crippen MR) is 91.2 cm³/mol. The standard InChI is InChI=1S/C18H29N3/c1-15(14-17-6-5-11-19-17)20-16-7-9-18(10-8-16)21-12-3-2-4-13-21/h7-10,15,17,19-20H,2-6,11-14H2,1H3. The molecule has 2 N–H and O–H groups in total. The van der Waals surface area contributed by atoms with E-state index in [9.17, 15) is 0 Å². The van der Waals surface area contributed by atoms with E-state index in [-0.39, 0.29) is 0 Å². The number of piperidine rings is 1. The van der Waals surface area contributed by atoms with Crippen molar-refractivity contribution in [2.75, 3.05) is 29.9 Å². The van der Waals surface area contributed by atoms with E-state index in [0.29, 0.717) is 12.1 Å². The lowest BCUT2D eigenvalue weighted by atomic mass is 10.1. The van der Waals surface area contributed by atoms with Gasteiger partial charge in [-0.05, 0) is 76.3 Å². The molecule has 0 aromatic heterocycles. The Morgan fingerprint density at radius 2 is 1.90 bits per heavy atom. The van der Waals surface area contributed by atoms with Gasteiger partial charge in [0.15, 0.2) is 0 Å². The fraction of sp³-hybridized carbons (Fsp3) is 0.667. The molecule has 0 aliphatic carbocycles. The van der Waals surface area contributed by atoms with Gasteiger partial charge < -0.3 is 15.5 Å². The van der Waals surface area contributed by atoms with Crippen LogP contribution in [0.15, 0.2) is 24.3 Å². The van der Waals surface area contributed by atoms with E-state index in [1.165, 1.54) is 69.5 Å². The van der Waals surface area contributed by atoms with Crippen molar-refractivity contribution in [3.8, 4) is 0 Å². The Balaban J connectivity index is 1.51. The highest BCUT2D eigenvalue weighted by Gasteiger charge is 2.17. The normalized spacial score (nSPS) is 24.0. The molecule has 3 nitrogen and oxygen atoms in total. The van der Waals surface area contributed by atoms with Crippen LogP contribution in [0.2, 0.25) is 0 Å². The van der Waals surface area contributed by atoms with Gasteiger partial charge in [0, 0.05) is 36.5 Å². The average Bonchev–Trinajstić information content (AvgIpc) is 3.02. The zero-order chi connectivity index (χ0) is 14.5. The first kappa shape index (κ1) is 14.7. The Bertz CT molecular complexity index is 417.